The Balaban J connectivity index is 2.89. The molecule has 0 heterocycles. The molecule has 0 saturated carbocycles. The van der Waals surface area contributed by atoms with Gasteiger partial charge in [0.05, 0.1) is 11.0 Å². The Morgan fingerprint density at radius 1 is 1.47 bits per heavy atom. The molecule has 0 fully saturated rings. The molecular weight excluding hydrogens is 222 g/mol. The molecule has 0 N–H and O–H groups in total. The minimum Gasteiger partial charge on any atom is -0.326 e. The van der Waals surface area contributed by atoms with Crippen LogP contribution in [0, 0.1) is 21.4 Å². The Hall–Kier alpha value is -2.42. The summed E-state index contributed by atoms with van der Waals surface area (Å²) in [5, 5.41) is 19.0. The summed E-state index contributed by atoms with van der Waals surface area (Å²) in [6.07, 6.45) is 0. The molecule has 1 aromatic carbocycles. The van der Waals surface area contributed by atoms with E-state index < -0.39 is 4.92 Å². The van der Waals surface area contributed by atoms with Crippen LogP contribution in [-0.2, 0) is 0 Å². The van der Waals surface area contributed by atoms with Crippen molar-refractivity contribution in [3.05, 3.63) is 39.9 Å². The van der Waals surface area contributed by atoms with Gasteiger partial charge in [-0.25, -0.2) is 0 Å². The Bertz CT molecular complexity index is 462. The summed E-state index contributed by atoms with van der Waals surface area (Å²) >= 11 is 0. The van der Waals surface area contributed by atoms with Crippen LogP contribution >= 0.6 is 0 Å². The highest BCUT2D eigenvalue weighted by molar-refractivity contribution is 5.94. The predicted molar refractivity (Wildman–Crippen MR) is 60.3 cm³/mol. The molecule has 17 heavy (non-hydrogen) atoms. The topological polar surface area (TPSA) is 87.2 Å². The molecule has 0 spiro atoms. The molecule has 88 valence electrons. The first-order chi connectivity index (χ1) is 8.10. The van der Waals surface area contributed by atoms with E-state index in [0.717, 1.165) is 0 Å². The number of rotatable bonds is 4. The molecule has 1 amide bonds. The Kier molecular flexibility index (Phi) is 4.17. The number of amides is 1. The Morgan fingerprint density at radius 3 is 2.47 bits per heavy atom. The number of hydrogen-bond acceptors (Lipinski definition) is 4. The van der Waals surface area contributed by atoms with Crippen LogP contribution in [0.25, 0.3) is 0 Å². The van der Waals surface area contributed by atoms with Gasteiger partial charge in [0.1, 0.15) is 6.54 Å². The number of nitro benzene ring substituents is 1. The highest BCUT2D eigenvalue weighted by Crippen LogP contribution is 2.13. The lowest BCUT2D eigenvalue weighted by Crippen LogP contribution is -2.31. The molecule has 6 nitrogen and oxygen atoms in total. The second-order valence-corrected chi connectivity index (χ2v) is 3.28. The van der Waals surface area contributed by atoms with Crippen LogP contribution in [-0.4, -0.2) is 28.8 Å². The molecule has 0 radical (unpaired) electrons. The fraction of sp³-hybridized carbons (Fsp3) is 0.273. The molecule has 6 heteroatoms. The maximum Gasteiger partial charge on any atom is 0.269 e. The monoisotopic (exact) mass is 233 g/mol. The minimum absolute atomic E-state index is 0.00627. The van der Waals surface area contributed by atoms with Gasteiger partial charge in [0.2, 0.25) is 0 Å². The van der Waals surface area contributed by atoms with Crippen molar-refractivity contribution in [2.45, 2.75) is 6.92 Å². The summed E-state index contributed by atoms with van der Waals surface area (Å²) in [6.45, 7) is 2.19. The summed E-state index contributed by atoms with van der Waals surface area (Å²) in [7, 11) is 0. The zero-order chi connectivity index (χ0) is 12.8. The van der Waals surface area contributed by atoms with Crippen molar-refractivity contribution in [1.82, 2.24) is 4.90 Å². The van der Waals surface area contributed by atoms with E-state index >= 15 is 0 Å². The van der Waals surface area contributed by atoms with Crippen LogP contribution in [0.4, 0.5) is 5.69 Å². The maximum absolute atomic E-state index is 11.9. The predicted octanol–water partition coefficient (Wildman–Crippen LogP) is 1.58. The standard InChI is InChI=1S/C11H11N3O3/c1-2-13(8-7-12)11(15)9-3-5-10(6-4-9)14(16)17/h3-6H,2,8H2,1H3. The highest BCUT2D eigenvalue weighted by atomic mass is 16.6. The van der Waals surface area contributed by atoms with Gasteiger partial charge in [0.15, 0.2) is 0 Å². The minimum atomic E-state index is -0.527. The number of nitrogens with zero attached hydrogens (tertiary/aromatic N) is 3. The summed E-state index contributed by atoms with van der Waals surface area (Å²) < 4.78 is 0. The van der Waals surface area contributed by atoms with Crippen LogP contribution < -0.4 is 0 Å². The summed E-state index contributed by atoms with van der Waals surface area (Å²) in [6, 6.07) is 7.22. The van der Waals surface area contributed by atoms with Gasteiger partial charge in [0, 0.05) is 24.2 Å². The Labute approximate surface area is 98.2 Å². The zero-order valence-corrected chi connectivity index (χ0v) is 9.29. The first-order valence-electron chi connectivity index (χ1n) is 5.00. The number of hydrogen-bond donors (Lipinski definition) is 0. The Morgan fingerprint density at radius 2 is 2.06 bits per heavy atom. The van der Waals surface area contributed by atoms with E-state index in [1.54, 1.807) is 6.92 Å². The molecule has 0 bridgehead atoms. The normalized spacial score (nSPS) is 9.41. The molecular formula is C11H11N3O3. The van der Waals surface area contributed by atoms with E-state index in [4.69, 9.17) is 5.26 Å². The molecule has 1 rings (SSSR count). The van der Waals surface area contributed by atoms with Crippen molar-refractivity contribution in [3.63, 3.8) is 0 Å². The molecule has 0 aliphatic heterocycles. The molecule has 1 aromatic rings. The van der Waals surface area contributed by atoms with E-state index in [-0.39, 0.29) is 18.1 Å². The molecule has 0 aromatic heterocycles. The zero-order valence-electron chi connectivity index (χ0n) is 9.29. The second-order valence-electron chi connectivity index (χ2n) is 3.28. The van der Waals surface area contributed by atoms with Crippen LogP contribution in [0.2, 0.25) is 0 Å². The lowest BCUT2D eigenvalue weighted by molar-refractivity contribution is -0.384. The number of nitriles is 1. The van der Waals surface area contributed by atoms with Gasteiger partial charge in [-0.3, -0.25) is 14.9 Å². The molecule has 0 unspecified atom stereocenters. The van der Waals surface area contributed by atoms with Gasteiger partial charge < -0.3 is 4.90 Å². The van der Waals surface area contributed by atoms with Gasteiger partial charge in [-0.1, -0.05) is 0 Å². The van der Waals surface area contributed by atoms with Gasteiger partial charge in [0.25, 0.3) is 11.6 Å². The maximum atomic E-state index is 11.9. The van der Waals surface area contributed by atoms with E-state index in [0.29, 0.717) is 12.1 Å². The summed E-state index contributed by atoms with van der Waals surface area (Å²) in [5.74, 6) is -0.302. The fourth-order valence-corrected chi connectivity index (χ4v) is 1.32. The average molecular weight is 233 g/mol. The average Bonchev–Trinajstić information content (AvgIpc) is 2.35. The number of carbonyl (C=O) groups is 1. The molecule has 0 aliphatic carbocycles. The van der Waals surface area contributed by atoms with Gasteiger partial charge in [-0.05, 0) is 19.1 Å². The lowest BCUT2D eigenvalue weighted by Gasteiger charge is -2.16. The van der Waals surface area contributed by atoms with Crippen molar-refractivity contribution >= 4 is 11.6 Å². The SMILES string of the molecule is CCN(CC#N)C(=O)c1ccc([N+](=O)[O-])cc1. The van der Waals surface area contributed by atoms with Gasteiger partial charge in [-0.15, -0.1) is 0 Å². The largest absolute Gasteiger partial charge is 0.326 e. The van der Waals surface area contributed by atoms with Crippen LogP contribution in [0.3, 0.4) is 0 Å². The fourth-order valence-electron chi connectivity index (χ4n) is 1.32. The van der Waals surface area contributed by atoms with Gasteiger partial charge in [-0.2, -0.15) is 5.26 Å². The van der Waals surface area contributed by atoms with Crippen molar-refractivity contribution < 1.29 is 9.72 Å². The smallest absolute Gasteiger partial charge is 0.269 e. The second kappa shape index (κ2) is 5.61. The van der Waals surface area contributed by atoms with Crippen LogP contribution in [0.15, 0.2) is 24.3 Å². The third kappa shape index (κ3) is 3.01. The highest BCUT2D eigenvalue weighted by Gasteiger charge is 2.14. The van der Waals surface area contributed by atoms with Crippen molar-refractivity contribution in [3.8, 4) is 6.07 Å². The summed E-state index contributed by atoms with van der Waals surface area (Å²) in [5.41, 5.74) is 0.276. The summed E-state index contributed by atoms with van der Waals surface area (Å²) in [4.78, 5) is 23.1. The number of benzene rings is 1. The van der Waals surface area contributed by atoms with Crippen molar-refractivity contribution in [2.24, 2.45) is 0 Å². The first-order valence-corrected chi connectivity index (χ1v) is 5.00. The van der Waals surface area contributed by atoms with Crippen molar-refractivity contribution in [2.75, 3.05) is 13.1 Å². The molecule has 0 aliphatic rings. The van der Waals surface area contributed by atoms with Crippen LogP contribution in [0.1, 0.15) is 17.3 Å². The third-order valence-electron chi connectivity index (χ3n) is 2.26. The van der Waals surface area contributed by atoms with Gasteiger partial charge >= 0.3 is 0 Å². The number of carbonyl (C=O) groups excluding carboxylic acids is 1. The van der Waals surface area contributed by atoms with Crippen LogP contribution in [0.5, 0.6) is 0 Å². The third-order valence-corrected chi connectivity index (χ3v) is 2.26. The first kappa shape index (κ1) is 12.6. The molecule has 0 atom stereocenters. The van der Waals surface area contributed by atoms with E-state index in [2.05, 4.69) is 0 Å². The van der Waals surface area contributed by atoms with E-state index in [9.17, 15) is 14.9 Å². The molecule has 0 saturated heterocycles. The number of non-ortho nitro benzene ring substituents is 1. The van der Waals surface area contributed by atoms with Crippen molar-refractivity contribution in [1.29, 1.82) is 5.26 Å². The quantitative estimate of drug-likeness (QED) is 0.448. The lowest BCUT2D eigenvalue weighted by atomic mass is 10.2. The van der Waals surface area contributed by atoms with E-state index in [1.807, 2.05) is 6.07 Å². The number of nitro groups is 1. The van der Waals surface area contributed by atoms with E-state index in [1.165, 1.54) is 29.2 Å².